The van der Waals surface area contributed by atoms with Crippen molar-refractivity contribution in [2.75, 3.05) is 45.0 Å². The van der Waals surface area contributed by atoms with Gasteiger partial charge in [-0.05, 0) is 50.6 Å². The average molecular weight is 561 g/mol. The molecule has 3 heterocycles. The van der Waals surface area contributed by atoms with Crippen LogP contribution in [0.5, 0.6) is 0 Å². The molecule has 4 rings (SSSR count). The summed E-state index contributed by atoms with van der Waals surface area (Å²) in [5.74, 6) is 0.505. The molecule has 0 saturated heterocycles. The third-order valence-electron chi connectivity index (χ3n) is 7.27. The molecule has 3 aromatic rings. The van der Waals surface area contributed by atoms with Gasteiger partial charge in [0, 0.05) is 76.4 Å². The van der Waals surface area contributed by atoms with Crippen LogP contribution < -0.4 is 15.5 Å². The van der Waals surface area contributed by atoms with E-state index < -0.39 is 0 Å². The maximum atomic E-state index is 13.6. The summed E-state index contributed by atoms with van der Waals surface area (Å²) < 4.78 is 1.97. The minimum atomic E-state index is -0.244. The Bertz CT molecular complexity index is 1410. The second-order valence-corrected chi connectivity index (χ2v) is 11.2. The number of hydrogen-bond acceptors (Lipinski definition) is 6. The van der Waals surface area contributed by atoms with E-state index in [4.69, 9.17) is 5.10 Å². The van der Waals surface area contributed by atoms with Gasteiger partial charge in [-0.25, -0.2) is 9.78 Å². The van der Waals surface area contributed by atoms with Crippen LogP contribution in [-0.4, -0.2) is 77.1 Å². The smallest absolute Gasteiger partial charge is 0.321 e. The van der Waals surface area contributed by atoms with Crippen molar-refractivity contribution in [3.63, 3.8) is 0 Å². The van der Waals surface area contributed by atoms with Gasteiger partial charge in [0.25, 0.3) is 11.8 Å². The van der Waals surface area contributed by atoms with Crippen LogP contribution in [0.2, 0.25) is 0 Å². The van der Waals surface area contributed by atoms with E-state index in [-0.39, 0.29) is 35.8 Å². The molecular weight excluding hydrogens is 520 g/mol. The Balaban J connectivity index is 1.57. The maximum absolute atomic E-state index is 13.6. The number of urea groups is 1. The topological polar surface area (TPSA) is 116 Å². The predicted octanol–water partition coefficient (Wildman–Crippen LogP) is 4.27. The van der Waals surface area contributed by atoms with Crippen molar-refractivity contribution in [3.05, 3.63) is 70.7 Å². The van der Waals surface area contributed by atoms with E-state index >= 15 is 0 Å². The molecule has 2 atom stereocenters. The predicted molar refractivity (Wildman–Crippen MR) is 159 cm³/mol. The molecule has 41 heavy (non-hydrogen) atoms. The Labute approximate surface area is 241 Å². The largest absolute Gasteiger partial charge is 0.349 e. The Hall–Kier alpha value is -4.41. The van der Waals surface area contributed by atoms with E-state index in [0.29, 0.717) is 30.0 Å². The van der Waals surface area contributed by atoms with Gasteiger partial charge in [-0.15, -0.1) is 0 Å². The molecule has 2 N–H and O–H groups in total. The minimum absolute atomic E-state index is 0.0888. The number of benzene rings is 1. The molecule has 1 aliphatic rings. The lowest BCUT2D eigenvalue weighted by molar-refractivity contribution is 0.0826. The molecule has 0 bridgehead atoms. The van der Waals surface area contributed by atoms with Gasteiger partial charge in [-0.2, -0.15) is 5.10 Å². The molecule has 0 saturated carbocycles. The first-order chi connectivity index (χ1) is 19.4. The third-order valence-corrected chi connectivity index (χ3v) is 7.27. The van der Waals surface area contributed by atoms with Crippen LogP contribution >= 0.6 is 0 Å². The second-order valence-electron chi connectivity index (χ2n) is 11.2. The molecule has 0 fully saturated rings. The van der Waals surface area contributed by atoms with Crippen LogP contribution in [0.3, 0.4) is 0 Å². The molecule has 0 unspecified atom stereocenters. The van der Waals surface area contributed by atoms with E-state index in [9.17, 15) is 14.4 Å². The highest BCUT2D eigenvalue weighted by Gasteiger charge is 2.38. The zero-order valence-corrected chi connectivity index (χ0v) is 25.1. The SMILES string of the molecule is CC(C)n1nc(C(=O)NCc2ccc(NC(=O)N(C)C)cc2)c2c1[C@@H](C)CN(c1ccc(C(=O)N(C)C)cn1)[C@H]2C. The van der Waals surface area contributed by atoms with Crippen LogP contribution in [0.25, 0.3) is 0 Å². The zero-order valence-electron chi connectivity index (χ0n) is 25.1. The molecule has 11 nitrogen and oxygen atoms in total. The van der Waals surface area contributed by atoms with Gasteiger partial charge in [-0.3, -0.25) is 14.3 Å². The molecule has 218 valence electrons. The lowest BCUT2D eigenvalue weighted by atomic mass is 9.90. The van der Waals surface area contributed by atoms with E-state index in [0.717, 1.165) is 22.6 Å². The van der Waals surface area contributed by atoms with Gasteiger partial charge < -0.3 is 25.3 Å². The van der Waals surface area contributed by atoms with Gasteiger partial charge in [0.15, 0.2) is 5.69 Å². The fourth-order valence-corrected chi connectivity index (χ4v) is 5.06. The molecule has 0 aliphatic carbocycles. The molecule has 0 spiro atoms. The minimum Gasteiger partial charge on any atom is -0.349 e. The number of fused-ring (bicyclic) bond motifs is 1. The average Bonchev–Trinajstić information content (AvgIpc) is 3.36. The standard InChI is InChI=1S/C30H40N8O3/c1-18(2)38-27-19(3)17-37(24-14-11-22(16-31-24)29(40)35(5)6)20(4)25(27)26(34-38)28(39)32-15-21-9-12-23(13-10-21)33-30(41)36(7)8/h9-14,16,18-20H,15,17H2,1-8H3,(H,32,39)(H,33,41)/t19-,20-/m0/s1. The Morgan fingerprint density at radius 2 is 1.68 bits per heavy atom. The molecule has 1 aromatic carbocycles. The highest BCUT2D eigenvalue weighted by atomic mass is 16.2. The Kier molecular flexibility index (Phi) is 8.65. The van der Waals surface area contributed by atoms with Crippen LogP contribution in [-0.2, 0) is 6.54 Å². The van der Waals surface area contributed by atoms with Crippen molar-refractivity contribution < 1.29 is 14.4 Å². The number of nitrogens with zero attached hydrogens (tertiary/aromatic N) is 6. The molecule has 4 amide bonds. The van der Waals surface area contributed by atoms with Gasteiger partial charge in [0.1, 0.15) is 5.82 Å². The quantitative estimate of drug-likeness (QED) is 0.446. The molecule has 1 aliphatic heterocycles. The summed E-state index contributed by atoms with van der Waals surface area (Å²) in [4.78, 5) is 47.6. The number of anilines is 2. The van der Waals surface area contributed by atoms with Gasteiger partial charge in [0.2, 0.25) is 0 Å². The van der Waals surface area contributed by atoms with Crippen LogP contribution in [0, 0.1) is 0 Å². The van der Waals surface area contributed by atoms with Crippen molar-refractivity contribution in [2.24, 2.45) is 0 Å². The first-order valence-electron chi connectivity index (χ1n) is 13.8. The van der Waals surface area contributed by atoms with Crippen molar-refractivity contribution >= 4 is 29.4 Å². The van der Waals surface area contributed by atoms with E-state index in [1.165, 1.54) is 9.80 Å². The highest BCUT2D eigenvalue weighted by molar-refractivity contribution is 5.95. The first-order valence-corrected chi connectivity index (χ1v) is 13.8. The number of hydrogen-bond donors (Lipinski definition) is 2. The fourth-order valence-electron chi connectivity index (χ4n) is 5.06. The van der Waals surface area contributed by atoms with Crippen LogP contribution in [0.1, 0.15) is 83.4 Å². The number of nitrogens with one attached hydrogen (secondary N) is 2. The monoisotopic (exact) mass is 560 g/mol. The van der Waals surface area contributed by atoms with Gasteiger partial charge in [-0.1, -0.05) is 19.1 Å². The normalized spacial score (nSPS) is 16.3. The highest BCUT2D eigenvalue weighted by Crippen LogP contribution is 2.40. The van der Waals surface area contributed by atoms with Crippen molar-refractivity contribution in [1.29, 1.82) is 0 Å². The molecule has 11 heteroatoms. The van der Waals surface area contributed by atoms with E-state index in [1.807, 2.05) is 35.0 Å². The number of pyridine rings is 1. The van der Waals surface area contributed by atoms with Crippen LogP contribution in [0.4, 0.5) is 16.3 Å². The van der Waals surface area contributed by atoms with E-state index in [1.54, 1.807) is 40.5 Å². The fraction of sp³-hybridized carbons (Fsp3) is 0.433. The second kappa shape index (κ2) is 12.0. The van der Waals surface area contributed by atoms with Gasteiger partial charge >= 0.3 is 6.03 Å². The molecular formula is C30H40N8O3. The summed E-state index contributed by atoms with van der Waals surface area (Å²) >= 11 is 0. The summed E-state index contributed by atoms with van der Waals surface area (Å²) in [6.07, 6.45) is 1.60. The number of aromatic nitrogens is 3. The number of rotatable bonds is 7. The zero-order chi connectivity index (χ0) is 30.0. The Morgan fingerprint density at radius 1 is 1.00 bits per heavy atom. The molecule has 0 radical (unpaired) electrons. The lowest BCUT2D eigenvalue weighted by Crippen LogP contribution is -2.38. The first kappa shape index (κ1) is 29.6. The maximum Gasteiger partial charge on any atom is 0.321 e. The third kappa shape index (κ3) is 6.18. The summed E-state index contributed by atoms with van der Waals surface area (Å²) in [7, 11) is 6.79. The summed E-state index contributed by atoms with van der Waals surface area (Å²) in [6.45, 7) is 9.36. The Morgan fingerprint density at radius 3 is 2.24 bits per heavy atom. The summed E-state index contributed by atoms with van der Waals surface area (Å²) in [5.41, 5.74) is 4.48. The number of carbonyl (C=O) groups excluding carboxylic acids is 3. The van der Waals surface area contributed by atoms with Crippen molar-refractivity contribution in [1.82, 2.24) is 29.9 Å². The lowest BCUT2D eigenvalue weighted by Gasteiger charge is -2.38. The van der Waals surface area contributed by atoms with Crippen LogP contribution in [0.15, 0.2) is 42.6 Å². The van der Waals surface area contributed by atoms with Gasteiger partial charge in [0.05, 0.1) is 11.6 Å². The number of carbonyl (C=O) groups is 3. The van der Waals surface area contributed by atoms with E-state index in [2.05, 4.69) is 48.2 Å². The summed E-state index contributed by atoms with van der Waals surface area (Å²) in [6, 6.07) is 10.7. The van der Waals surface area contributed by atoms with Crippen molar-refractivity contribution in [2.45, 2.75) is 52.2 Å². The van der Waals surface area contributed by atoms with Crippen molar-refractivity contribution in [3.8, 4) is 0 Å². The summed E-state index contributed by atoms with van der Waals surface area (Å²) in [5, 5.41) is 10.6. The number of amides is 4. The molecule has 2 aromatic heterocycles.